The van der Waals surface area contributed by atoms with Crippen LogP contribution in [-0.4, -0.2) is 11.6 Å². The van der Waals surface area contributed by atoms with Gasteiger partial charge in [0.1, 0.15) is 18.4 Å². The molecule has 1 aliphatic rings. The Morgan fingerprint density at radius 1 is 1.77 bits per heavy atom. The Labute approximate surface area is 82.5 Å². The van der Waals surface area contributed by atoms with Gasteiger partial charge in [-0.15, -0.1) is 0 Å². The molecule has 0 aromatic carbocycles. The van der Waals surface area contributed by atoms with Crippen molar-refractivity contribution in [2.75, 3.05) is 6.61 Å². The third-order valence-electron chi connectivity index (χ3n) is 1.75. The van der Waals surface area contributed by atoms with E-state index in [-0.39, 0.29) is 6.04 Å². The Hall–Kier alpha value is -1.26. The summed E-state index contributed by atoms with van der Waals surface area (Å²) in [6.07, 6.45) is 1.66. The highest BCUT2D eigenvalue weighted by molar-refractivity contribution is 9.10. The van der Waals surface area contributed by atoms with Crippen molar-refractivity contribution in [1.82, 2.24) is 4.98 Å². The minimum atomic E-state index is -0.284. The summed E-state index contributed by atoms with van der Waals surface area (Å²) in [4.78, 5) is 6.85. The molecule has 6 heteroatoms. The van der Waals surface area contributed by atoms with Crippen molar-refractivity contribution in [3.63, 3.8) is 0 Å². The molecular weight excluding hydrogens is 236 g/mol. The number of rotatable bonds is 1. The molecule has 1 atom stereocenters. The van der Waals surface area contributed by atoms with Crippen molar-refractivity contribution in [3.05, 3.63) is 32.9 Å². The average Bonchev–Trinajstić information content (AvgIpc) is 2.49. The van der Waals surface area contributed by atoms with Crippen LogP contribution in [0.1, 0.15) is 11.7 Å². The molecule has 13 heavy (non-hydrogen) atoms. The molecule has 0 amide bonds. The fourth-order valence-corrected chi connectivity index (χ4v) is 1.51. The van der Waals surface area contributed by atoms with Gasteiger partial charge in [-0.05, 0) is 27.5 Å². The molecule has 0 spiro atoms. The molecular formula is C7H5BrN4O. The van der Waals surface area contributed by atoms with Crippen LogP contribution in [0, 0.1) is 0 Å². The van der Waals surface area contributed by atoms with E-state index in [1.54, 1.807) is 6.20 Å². The van der Waals surface area contributed by atoms with Crippen molar-refractivity contribution in [2.24, 2.45) is 5.11 Å². The molecule has 1 aliphatic heterocycles. The van der Waals surface area contributed by atoms with E-state index < -0.39 is 0 Å². The molecule has 0 fully saturated rings. The highest BCUT2D eigenvalue weighted by Crippen LogP contribution is 2.34. The molecule has 2 rings (SSSR count). The van der Waals surface area contributed by atoms with Crippen molar-refractivity contribution in [2.45, 2.75) is 6.04 Å². The molecule has 0 aliphatic carbocycles. The van der Waals surface area contributed by atoms with Crippen LogP contribution in [0.25, 0.3) is 10.4 Å². The van der Waals surface area contributed by atoms with Gasteiger partial charge in [0.25, 0.3) is 0 Å². The summed E-state index contributed by atoms with van der Waals surface area (Å²) in [6, 6.07) is 1.53. The van der Waals surface area contributed by atoms with E-state index in [0.29, 0.717) is 18.1 Å². The molecule has 5 nitrogen and oxygen atoms in total. The van der Waals surface area contributed by atoms with Crippen LogP contribution < -0.4 is 4.74 Å². The maximum absolute atomic E-state index is 8.27. The Kier molecular flexibility index (Phi) is 2.08. The number of ether oxygens (including phenoxy) is 1. The smallest absolute Gasteiger partial charge is 0.142 e. The predicted molar refractivity (Wildman–Crippen MR) is 49.3 cm³/mol. The summed E-state index contributed by atoms with van der Waals surface area (Å²) in [6.45, 7) is 0.378. The summed E-state index contributed by atoms with van der Waals surface area (Å²) >= 11 is 3.28. The second kappa shape index (κ2) is 3.24. The number of aromatic nitrogens is 1. The van der Waals surface area contributed by atoms with E-state index in [1.807, 2.05) is 6.07 Å². The summed E-state index contributed by atoms with van der Waals surface area (Å²) in [7, 11) is 0. The number of fused-ring (bicyclic) bond motifs is 1. The van der Waals surface area contributed by atoms with Crippen molar-refractivity contribution in [3.8, 4) is 5.75 Å². The molecule has 2 heterocycles. The fraction of sp³-hybridized carbons (Fsp3) is 0.286. The first-order valence-electron chi connectivity index (χ1n) is 3.63. The van der Waals surface area contributed by atoms with Crippen molar-refractivity contribution < 1.29 is 4.74 Å². The molecule has 66 valence electrons. The van der Waals surface area contributed by atoms with E-state index in [0.717, 1.165) is 4.47 Å². The monoisotopic (exact) mass is 240 g/mol. The lowest BCUT2D eigenvalue weighted by Gasteiger charge is -1.98. The molecule has 0 bridgehead atoms. The van der Waals surface area contributed by atoms with Crippen LogP contribution in [0.3, 0.4) is 0 Å². The number of azide groups is 1. The lowest BCUT2D eigenvalue weighted by molar-refractivity contribution is 0.333. The highest BCUT2D eigenvalue weighted by atomic mass is 79.9. The SMILES string of the molecule is [N-]=[N+]=NC1COc2cc(Br)cnc21. The third-order valence-corrected chi connectivity index (χ3v) is 2.19. The van der Waals surface area contributed by atoms with Gasteiger partial charge < -0.3 is 4.74 Å². The zero-order valence-electron chi connectivity index (χ0n) is 6.51. The summed E-state index contributed by atoms with van der Waals surface area (Å²) in [5.74, 6) is 0.687. The Bertz CT molecular complexity index is 388. The number of pyridine rings is 1. The first kappa shape index (κ1) is 8.34. The molecule has 0 saturated heterocycles. The van der Waals surface area contributed by atoms with Crippen LogP contribution in [0.5, 0.6) is 5.75 Å². The average molecular weight is 241 g/mol. The fourth-order valence-electron chi connectivity index (χ4n) is 1.20. The zero-order valence-corrected chi connectivity index (χ0v) is 8.10. The predicted octanol–water partition coefficient (Wildman–Crippen LogP) is 2.59. The molecule has 0 N–H and O–H groups in total. The molecule has 1 aromatic rings. The number of halogens is 1. The number of nitrogens with zero attached hydrogens (tertiary/aromatic N) is 4. The highest BCUT2D eigenvalue weighted by Gasteiger charge is 2.24. The maximum atomic E-state index is 8.27. The summed E-state index contributed by atoms with van der Waals surface area (Å²) in [5, 5.41) is 3.57. The Morgan fingerprint density at radius 3 is 3.38 bits per heavy atom. The van der Waals surface area contributed by atoms with Gasteiger partial charge in [0.15, 0.2) is 0 Å². The van der Waals surface area contributed by atoms with Gasteiger partial charge in [-0.3, -0.25) is 4.98 Å². The van der Waals surface area contributed by atoms with Crippen LogP contribution in [-0.2, 0) is 0 Å². The van der Waals surface area contributed by atoms with E-state index in [9.17, 15) is 0 Å². The van der Waals surface area contributed by atoms with E-state index in [1.165, 1.54) is 0 Å². The maximum Gasteiger partial charge on any atom is 0.142 e. The van der Waals surface area contributed by atoms with Gasteiger partial charge in [0, 0.05) is 15.6 Å². The Balaban J connectivity index is 2.43. The summed E-state index contributed by atoms with van der Waals surface area (Å²) in [5.41, 5.74) is 8.98. The Morgan fingerprint density at radius 2 is 2.62 bits per heavy atom. The zero-order chi connectivity index (χ0) is 9.26. The third kappa shape index (κ3) is 1.46. The minimum absolute atomic E-state index is 0.284. The topological polar surface area (TPSA) is 70.9 Å². The van der Waals surface area contributed by atoms with Gasteiger partial charge in [-0.1, -0.05) is 5.11 Å². The normalized spacial score (nSPS) is 18.7. The van der Waals surface area contributed by atoms with Crippen molar-refractivity contribution in [1.29, 1.82) is 0 Å². The standard InChI is InChI=1S/C7H5BrN4O/c8-4-1-6-7(10-2-4)5(3-13-6)11-12-9/h1-2,5H,3H2. The van der Waals surface area contributed by atoms with Crippen LogP contribution in [0.4, 0.5) is 0 Å². The summed E-state index contributed by atoms with van der Waals surface area (Å²) < 4.78 is 6.14. The van der Waals surface area contributed by atoms with Gasteiger partial charge >= 0.3 is 0 Å². The lowest BCUT2D eigenvalue weighted by Crippen LogP contribution is -1.96. The lowest BCUT2D eigenvalue weighted by atomic mass is 10.2. The molecule has 0 saturated carbocycles. The van der Waals surface area contributed by atoms with Gasteiger partial charge in [0.05, 0.1) is 5.69 Å². The molecule has 1 aromatic heterocycles. The van der Waals surface area contributed by atoms with Gasteiger partial charge in [-0.2, -0.15) is 0 Å². The minimum Gasteiger partial charge on any atom is -0.491 e. The first-order valence-corrected chi connectivity index (χ1v) is 4.43. The van der Waals surface area contributed by atoms with Crippen LogP contribution in [0.15, 0.2) is 21.9 Å². The van der Waals surface area contributed by atoms with E-state index in [2.05, 4.69) is 30.9 Å². The molecule has 0 radical (unpaired) electrons. The van der Waals surface area contributed by atoms with Crippen LogP contribution >= 0.6 is 15.9 Å². The second-order valence-corrected chi connectivity index (χ2v) is 3.48. The largest absolute Gasteiger partial charge is 0.491 e. The second-order valence-electron chi connectivity index (χ2n) is 2.57. The van der Waals surface area contributed by atoms with Crippen LogP contribution in [0.2, 0.25) is 0 Å². The first-order chi connectivity index (χ1) is 6.31. The van der Waals surface area contributed by atoms with E-state index in [4.69, 9.17) is 10.3 Å². The molecule has 1 unspecified atom stereocenters. The van der Waals surface area contributed by atoms with Gasteiger partial charge in [0.2, 0.25) is 0 Å². The van der Waals surface area contributed by atoms with E-state index >= 15 is 0 Å². The van der Waals surface area contributed by atoms with Crippen molar-refractivity contribution >= 4 is 15.9 Å². The van der Waals surface area contributed by atoms with Gasteiger partial charge in [-0.25, -0.2) is 0 Å². The quantitative estimate of drug-likeness (QED) is 0.430. The number of hydrogen-bond donors (Lipinski definition) is 0. The number of hydrogen-bond acceptors (Lipinski definition) is 3.